The fourth-order valence-electron chi connectivity index (χ4n) is 2.00. The van der Waals surface area contributed by atoms with E-state index in [2.05, 4.69) is 17.1 Å². The number of pyridine rings is 1. The van der Waals surface area contributed by atoms with Gasteiger partial charge in [0.2, 0.25) is 0 Å². The zero-order valence-electron chi connectivity index (χ0n) is 11.7. The predicted molar refractivity (Wildman–Crippen MR) is 77.1 cm³/mol. The molecule has 2 N–H and O–H groups in total. The third kappa shape index (κ3) is 3.55. The summed E-state index contributed by atoms with van der Waals surface area (Å²) in [6.45, 7) is 6.55. The molecule has 3 nitrogen and oxygen atoms in total. The maximum absolute atomic E-state index is 5.97. The van der Waals surface area contributed by atoms with E-state index in [1.165, 1.54) is 5.56 Å². The summed E-state index contributed by atoms with van der Waals surface area (Å²) in [5.41, 5.74) is 10.4. The van der Waals surface area contributed by atoms with E-state index in [9.17, 15) is 0 Å². The molecule has 0 saturated heterocycles. The number of aromatic nitrogens is 1. The van der Waals surface area contributed by atoms with E-state index in [4.69, 9.17) is 10.5 Å². The van der Waals surface area contributed by atoms with Crippen LogP contribution in [0.4, 0.5) is 0 Å². The van der Waals surface area contributed by atoms with Crippen LogP contribution in [0.5, 0.6) is 5.75 Å². The molecule has 0 bridgehead atoms. The number of rotatable bonds is 4. The lowest BCUT2D eigenvalue weighted by Crippen LogP contribution is -2.08. The lowest BCUT2D eigenvalue weighted by molar-refractivity contribution is 0.301. The number of aryl methyl sites for hydroxylation is 2. The van der Waals surface area contributed by atoms with Crippen LogP contribution >= 0.6 is 0 Å². The lowest BCUT2D eigenvalue weighted by Gasteiger charge is -2.15. The van der Waals surface area contributed by atoms with Crippen molar-refractivity contribution in [3.8, 4) is 5.75 Å². The Balaban J connectivity index is 2.17. The van der Waals surface area contributed by atoms with E-state index in [1.54, 1.807) is 0 Å². The fourth-order valence-corrected chi connectivity index (χ4v) is 2.00. The quantitative estimate of drug-likeness (QED) is 0.913. The molecule has 0 aliphatic carbocycles. The van der Waals surface area contributed by atoms with Crippen molar-refractivity contribution in [2.45, 2.75) is 33.4 Å². The third-order valence-corrected chi connectivity index (χ3v) is 2.99. The predicted octanol–water partition coefficient (Wildman–Crippen LogP) is 3.30. The Kier molecular flexibility index (Phi) is 4.17. The van der Waals surface area contributed by atoms with Gasteiger partial charge in [-0.3, -0.25) is 4.98 Å². The van der Waals surface area contributed by atoms with Gasteiger partial charge in [-0.15, -0.1) is 0 Å². The van der Waals surface area contributed by atoms with Gasteiger partial charge in [-0.25, -0.2) is 0 Å². The Bertz CT molecular complexity index is 564. The Morgan fingerprint density at radius 1 is 1.16 bits per heavy atom. The molecule has 0 amide bonds. The van der Waals surface area contributed by atoms with Crippen LogP contribution < -0.4 is 10.5 Å². The van der Waals surface area contributed by atoms with Crippen molar-refractivity contribution in [1.82, 2.24) is 4.98 Å². The molecule has 1 atom stereocenters. The highest BCUT2D eigenvalue weighted by molar-refractivity contribution is 5.39. The first kappa shape index (κ1) is 13.6. The van der Waals surface area contributed by atoms with Crippen molar-refractivity contribution < 1.29 is 4.74 Å². The molecule has 19 heavy (non-hydrogen) atoms. The third-order valence-electron chi connectivity index (χ3n) is 2.99. The molecule has 0 unspecified atom stereocenters. The topological polar surface area (TPSA) is 48.1 Å². The maximum atomic E-state index is 5.97. The van der Waals surface area contributed by atoms with Crippen LogP contribution in [0.25, 0.3) is 0 Å². The van der Waals surface area contributed by atoms with Gasteiger partial charge in [-0.05, 0) is 44.0 Å². The van der Waals surface area contributed by atoms with E-state index < -0.39 is 0 Å². The van der Waals surface area contributed by atoms with E-state index >= 15 is 0 Å². The first-order valence-corrected chi connectivity index (χ1v) is 6.45. The molecule has 1 heterocycles. The Labute approximate surface area is 114 Å². The minimum Gasteiger partial charge on any atom is -0.488 e. The largest absolute Gasteiger partial charge is 0.488 e. The Morgan fingerprint density at radius 2 is 1.95 bits per heavy atom. The van der Waals surface area contributed by atoms with Crippen molar-refractivity contribution in [2.24, 2.45) is 5.73 Å². The van der Waals surface area contributed by atoms with Gasteiger partial charge in [0.1, 0.15) is 12.4 Å². The second-order valence-corrected chi connectivity index (χ2v) is 4.99. The summed E-state index contributed by atoms with van der Waals surface area (Å²) in [6, 6.07) is 8.16. The normalized spacial score (nSPS) is 12.2. The van der Waals surface area contributed by atoms with Crippen LogP contribution in [0, 0.1) is 13.8 Å². The molecule has 0 spiro atoms. The van der Waals surface area contributed by atoms with Crippen LogP contribution in [0.3, 0.4) is 0 Å². The molecule has 0 saturated carbocycles. The minimum atomic E-state index is -0.0359. The highest BCUT2D eigenvalue weighted by Gasteiger charge is 2.08. The number of benzene rings is 1. The zero-order valence-corrected chi connectivity index (χ0v) is 11.7. The lowest BCUT2D eigenvalue weighted by atomic mass is 10.1. The maximum Gasteiger partial charge on any atom is 0.124 e. The van der Waals surface area contributed by atoms with Crippen molar-refractivity contribution >= 4 is 0 Å². The van der Waals surface area contributed by atoms with E-state index in [-0.39, 0.29) is 6.04 Å². The summed E-state index contributed by atoms with van der Waals surface area (Å²) in [4.78, 5) is 4.17. The number of hydrogen-bond donors (Lipinski definition) is 1. The van der Waals surface area contributed by atoms with Crippen LogP contribution in [-0.4, -0.2) is 4.98 Å². The van der Waals surface area contributed by atoms with Gasteiger partial charge in [0.15, 0.2) is 0 Å². The summed E-state index contributed by atoms with van der Waals surface area (Å²) >= 11 is 0. The summed E-state index contributed by atoms with van der Waals surface area (Å²) in [5.74, 6) is 0.858. The molecule has 2 aromatic rings. The molecule has 3 heteroatoms. The van der Waals surface area contributed by atoms with E-state index in [1.807, 2.05) is 45.3 Å². The van der Waals surface area contributed by atoms with Crippen molar-refractivity contribution in [1.29, 1.82) is 0 Å². The molecule has 2 rings (SSSR count). The molecule has 0 aliphatic rings. The Morgan fingerprint density at radius 3 is 2.63 bits per heavy atom. The van der Waals surface area contributed by atoms with Crippen LogP contribution in [0.1, 0.15) is 35.2 Å². The first-order chi connectivity index (χ1) is 9.06. The van der Waals surface area contributed by atoms with Gasteiger partial charge >= 0.3 is 0 Å². The SMILES string of the molecule is Cc1cncc(COc2cc(C)ccc2[C@H](C)N)c1. The smallest absolute Gasteiger partial charge is 0.124 e. The Hall–Kier alpha value is -1.87. The zero-order chi connectivity index (χ0) is 13.8. The molecular weight excluding hydrogens is 236 g/mol. The van der Waals surface area contributed by atoms with Gasteiger partial charge in [0.25, 0.3) is 0 Å². The highest BCUT2D eigenvalue weighted by Crippen LogP contribution is 2.25. The molecule has 0 fully saturated rings. The van der Waals surface area contributed by atoms with Crippen molar-refractivity contribution in [3.63, 3.8) is 0 Å². The van der Waals surface area contributed by atoms with Crippen LogP contribution in [0.15, 0.2) is 36.7 Å². The molecule has 1 aromatic heterocycles. The van der Waals surface area contributed by atoms with Gasteiger partial charge in [-0.2, -0.15) is 0 Å². The monoisotopic (exact) mass is 256 g/mol. The summed E-state index contributed by atoms with van der Waals surface area (Å²) < 4.78 is 5.90. The van der Waals surface area contributed by atoms with Gasteiger partial charge in [0, 0.05) is 29.6 Å². The van der Waals surface area contributed by atoms with Crippen molar-refractivity contribution in [2.75, 3.05) is 0 Å². The average molecular weight is 256 g/mol. The second kappa shape index (κ2) is 5.85. The van der Waals surface area contributed by atoms with Crippen molar-refractivity contribution in [3.05, 3.63) is 58.9 Å². The molecule has 100 valence electrons. The number of ether oxygens (including phenoxy) is 1. The minimum absolute atomic E-state index is 0.0359. The summed E-state index contributed by atoms with van der Waals surface area (Å²) in [5, 5.41) is 0. The van der Waals surface area contributed by atoms with Crippen LogP contribution in [-0.2, 0) is 6.61 Å². The standard InChI is InChI=1S/C16H20N2O/c1-11-4-5-15(13(3)17)16(7-11)19-10-14-6-12(2)8-18-9-14/h4-9,13H,10,17H2,1-3H3/t13-/m0/s1. The second-order valence-electron chi connectivity index (χ2n) is 4.99. The molecule has 1 aromatic carbocycles. The van der Waals surface area contributed by atoms with Gasteiger partial charge < -0.3 is 10.5 Å². The molecule has 0 radical (unpaired) electrons. The van der Waals surface area contributed by atoms with Gasteiger partial charge in [0.05, 0.1) is 0 Å². The summed E-state index contributed by atoms with van der Waals surface area (Å²) in [6.07, 6.45) is 3.66. The molecule has 0 aliphatic heterocycles. The average Bonchev–Trinajstić information content (AvgIpc) is 2.36. The fraction of sp³-hybridized carbons (Fsp3) is 0.312. The van der Waals surface area contributed by atoms with Gasteiger partial charge in [-0.1, -0.05) is 12.1 Å². The van der Waals surface area contributed by atoms with E-state index in [0.29, 0.717) is 6.61 Å². The molecular formula is C16H20N2O. The number of hydrogen-bond acceptors (Lipinski definition) is 3. The number of nitrogens with zero attached hydrogens (tertiary/aromatic N) is 1. The summed E-state index contributed by atoms with van der Waals surface area (Å²) in [7, 11) is 0. The van der Waals surface area contributed by atoms with Crippen LogP contribution in [0.2, 0.25) is 0 Å². The van der Waals surface area contributed by atoms with E-state index in [0.717, 1.165) is 22.4 Å². The first-order valence-electron chi connectivity index (χ1n) is 6.45. The number of nitrogens with two attached hydrogens (primary N) is 1. The highest BCUT2D eigenvalue weighted by atomic mass is 16.5.